The molecule has 2 aromatic heterocycles. The minimum atomic E-state index is -0.102. The van der Waals surface area contributed by atoms with Crippen molar-refractivity contribution in [2.45, 2.75) is 58.9 Å². The van der Waals surface area contributed by atoms with Gasteiger partial charge in [-0.3, -0.25) is 14.5 Å². The predicted octanol–water partition coefficient (Wildman–Crippen LogP) is 2.22. The van der Waals surface area contributed by atoms with E-state index in [1.807, 2.05) is 18.3 Å². The van der Waals surface area contributed by atoms with Crippen LogP contribution in [0.1, 0.15) is 38.6 Å². The van der Waals surface area contributed by atoms with E-state index >= 15 is 0 Å². The van der Waals surface area contributed by atoms with Crippen LogP contribution in [0.5, 0.6) is 0 Å². The van der Waals surface area contributed by atoms with Gasteiger partial charge in [0.1, 0.15) is 18.2 Å². The molecule has 2 atom stereocenters. The fourth-order valence-electron chi connectivity index (χ4n) is 3.40. The number of rotatable bonds is 7. The molecule has 0 aliphatic carbocycles. The van der Waals surface area contributed by atoms with Crippen LogP contribution in [0.2, 0.25) is 0 Å². The van der Waals surface area contributed by atoms with Crippen molar-refractivity contribution >= 4 is 23.9 Å². The van der Waals surface area contributed by atoms with E-state index in [-0.39, 0.29) is 24.7 Å². The molecule has 1 amide bonds. The molecule has 8 nitrogen and oxygen atoms in total. The normalized spacial score (nSPS) is 19.6. The molecule has 3 rings (SSSR count). The molecule has 1 aliphatic heterocycles. The SMILES string of the molecule is CCCc1n[nH]c(=S)n1CC(=O)NCc1ccc(N2C[C@@H](C)O[C@H](C)C2)nc1. The lowest BCUT2D eigenvalue weighted by Gasteiger charge is -2.36. The molecule has 1 fully saturated rings. The Bertz CT molecular complexity index is 837. The standard InChI is InChI=1S/C19H28N6O2S/c1-4-5-17-22-23-19(28)25(17)12-18(26)21-9-15-6-7-16(20-8-15)24-10-13(2)27-14(3)11-24/h6-8,13-14H,4-5,9-12H2,1-3H3,(H,21,26)(H,23,28)/t13-,14-/m1/s1. The monoisotopic (exact) mass is 404 g/mol. The Labute approximate surface area is 170 Å². The maximum Gasteiger partial charge on any atom is 0.240 e. The zero-order valence-electron chi connectivity index (χ0n) is 16.6. The van der Waals surface area contributed by atoms with Gasteiger partial charge in [0.05, 0.1) is 12.2 Å². The van der Waals surface area contributed by atoms with Crippen molar-refractivity contribution in [2.24, 2.45) is 0 Å². The Morgan fingerprint density at radius 2 is 2.11 bits per heavy atom. The van der Waals surface area contributed by atoms with Gasteiger partial charge in [0.25, 0.3) is 0 Å². The molecule has 0 aromatic carbocycles. The molecule has 152 valence electrons. The third-order valence-corrected chi connectivity index (χ3v) is 4.97. The van der Waals surface area contributed by atoms with Crippen LogP contribution in [0.25, 0.3) is 0 Å². The van der Waals surface area contributed by atoms with Gasteiger partial charge < -0.3 is 15.0 Å². The molecule has 0 spiro atoms. The lowest BCUT2D eigenvalue weighted by molar-refractivity contribution is -0.121. The number of aromatic amines is 1. The van der Waals surface area contributed by atoms with Gasteiger partial charge in [-0.25, -0.2) is 4.98 Å². The van der Waals surface area contributed by atoms with Crippen molar-refractivity contribution in [3.05, 3.63) is 34.5 Å². The molecule has 1 saturated heterocycles. The van der Waals surface area contributed by atoms with Crippen molar-refractivity contribution in [2.75, 3.05) is 18.0 Å². The Balaban J connectivity index is 1.54. The summed E-state index contributed by atoms with van der Waals surface area (Å²) in [6.45, 7) is 8.47. The lowest BCUT2D eigenvalue weighted by atomic mass is 10.2. The molecule has 3 heterocycles. The van der Waals surface area contributed by atoms with Gasteiger partial charge in [0, 0.05) is 32.3 Å². The summed E-state index contributed by atoms with van der Waals surface area (Å²) >= 11 is 5.22. The Morgan fingerprint density at radius 3 is 2.75 bits per heavy atom. The van der Waals surface area contributed by atoms with Crippen LogP contribution in [-0.4, -0.2) is 51.0 Å². The van der Waals surface area contributed by atoms with E-state index in [1.165, 1.54) is 0 Å². The van der Waals surface area contributed by atoms with E-state index in [2.05, 4.69) is 46.2 Å². The molecule has 1 aliphatic rings. The van der Waals surface area contributed by atoms with E-state index in [4.69, 9.17) is 17.0 Å². The second kappa shape index (κ2) is 9.29. The number of hydrogen-bond acceptors (Lipinski definition) is 6. The summed E-state index contributed by atoms with van der Waals surface area (Å²) in [5.41, 5.74) is 0.955. The van der Waals surface area contributed by atoms with E-state index in [9.17, 15) is 4.79 Å². The van der Waals surface area contributed by atoms with Crippen LogP contribution in [-0.2, 0) is 29.0 Å². The molecule has 2 N–H and O–H groups in total. The fraction of sp³-hybridized carbons (Fsp3) is 0.579. The lowest BCUT2D eigenvalue weighted by Crippen LogP contribution is -2.45. The number of anilines is 1. The summed E-state index contributed by atoms with van der Waals surface area (Å²) in [5, 5.41) is 9.87. The van der Waals surface area contributed by atoms with E-state index in [0.29, 0.717) is 11.3 Å². The highest BCUT2D eigenvalue weighted by atomic mass is 32.1. The minimum Gasteiger partial charge on any atom is -0.372 e. The van der Waals surface area contributed by atoms with Gasteiger partial charge in [-0.05, 0) is 44.1 Å². The molecule has 0 saturated carbocycles. The molecular weight excluding hydrogens is 376 g/mol. The molecular formula is C19H28N6O2S. The summed E-state index contributed by atoms with van der Waals surface area (Å²) in [6, 6.07) is 4.00. The fourth-order valence-corrected chi connectivity index (χ4v) is 3.62. The van der Waals surface area contributed by atoms with Crippen molar-refractivity contribution in [3.63, 3.8) is 0 Å². The van der Waals surface area contributed by atoms with Crippen LogP contribution in [0.15, 0.2) is 18.3 Å². The smallest absolute Gasteiger partial charge is 0.240 e. The first-order valence-electron chi connectivity index (χ1n) is 9.72. The van der Waals surface area contributed by atoms with E-state index in [1.54, 1.807) is 4.57 Å². The van der Waals surface area contributed by atoms with Crippen LogP contribution < -0.4 is 10.2 Å². The van der Waals surface area contributed by atoms with E-state index in [0.717, 1.165) is 43.1 Å². The summed E-state index contributed by atoms with van der Waals surface area (Å²) in [7, 11) is 0. The summed E-state index contributed by atoms with van der Waals surface area (Å²) in [4.78, 5) is 19.1. The first-order valence-corrected chi connectivity index (χ1v) is 10.1. The molecule has 2 aromatic rings. The number of nitrogens with one attached hydrogen (secondary N) is 2. The van der Waals surface area contributed by atoms with Gasteiger partial charge in [-0.15, -0.1) is 0 Å². The molecule has 0 bridgehead atoms. The molecule has 9 heteroatoms. The number of amides is 1. The summed E-state index contributed by atoms with van der Waals surface area (Å²) in [5.74, 6) is 1.64. The molecule has 28 heavy (non-hydrogen) atoms. The number of aryl methyl sites for hydroxylation is 1. The van der Waals surface area contributed by atoms with Crippen molar-refractivity contribution in [3.8, 4) is 0 Å². The zero-order chi connectivity index (χ0) is 20.1. The number of pyridine rings is 1. The Morgan fingerprint density at radius 1 is 1.36 bits per heavy atom. The summed E-state index contributed by atoms with van der Waals surface area (Å²) in [6.07, 6.45) is 3.92. The second-order valence-electron chi connectivity index (χ2n) is 7.24. The minimum absolute atomic E-state index is 0.102. The number of nitrogens with zero attached hydrogens (tertiary/aromatic N) is 4. The largest absolute Gasteiger partial charge is 0.372 e. The Kier molecular flexibility index (Phi) is 6.79. The number of aromatic nitrogens is 4. The molecule has 0 unspecified atom stereocenters. The first-order chi connectivity index (χ1) is 13.5. The van der Waals surface area contributed by atoms with Crippen molar-refractivity contribution < 1.29 is 9.53 Å². The van der Waals surface area contributed by atoms with Gasteiger partial charge in [0.15, 0.2) is 4.77 Å². The summed E-state index contributed by atoms with van der Waals surface area (Å²) < 4.78 is 7.99. The quantitative estimate of drug-likeness (QED) is 0.688. The highest BCUT2D eigenvalue weighted by molar-refractivity contribution is 7.71. The average molecular weight is 405 g/mol. The van der Waals surface area contributed by atoms with Crippen LogP contribution in [0.3, 0.4) is 0 Å². The van der Waals surface area contributed by atoms with Crippen molar-refractivity contribution in [1.82, 2.24) is 25.1 Å². The zero-order valence-corrected chi connectivity index (χ0v) is 17.5. The third kappa shape index (κ3) is 5.17. The van der Waals surface area contributed by atoms with Crippen LogP contribution in [0, 0.1) is 4.77 Å². The predicted molar refractivity (Wildman–Crippen MR) is 110 cm³/mol. The van der Waals surface area contributed by atoms with E-state index < -0.39 is 0 Å². The number of morpholine rings is 1. The van der Waals surface area contributed by atoms with Gasteiger partial charge in [-0.2, -0.15) is 5.10 Å². The first kappa shape index (κ1) is 20.5. The van der Waals surface area contributed by atoms with Crippen LogP contribution in [0.4, 0.5) is 5.82 Å². The highest BCUT2D eigenvalue weighted by Gasteiger charge is 2.23. The number of ether oxygens (including phenoxy) is 1. The second-order valence-corrected chi connectivity index (χ2v) is 7.63. The van der Waals surface area contributed by atoms with Gasteiger partial charge in [0.2, 0.25) is 5.91 Å². The number of H-pyrrole nitrogens is 1. The average Bonchev–Trinajstić information content (AvgIpc) is 3.00. The van der Waals surface area contributed by atoms with Gasteiger partial charge in [-0.1, -0.05) is 13.0 Å². The number of hydrogen-bond donors (Lipinski definition) is 2. The number of carbonyl (C=O) groups is 1. The topological polar surface area (TPSA) is 88.1 Å². The molecule has 0 radical (unpaired) electrons. The third-order valence-electron chi connectivity index (χ3n) is 4.66. The van der Waals surface area contributed by atoms with Crippen molar-refractivity contribution in [1.29, 1.82) is 0 Å². The van der Waals surface area contributed by atoms with Gasteiger partial charge >= 0.3 is 0 Å². The highest BCUT2D eigenvalue weighted by Crippen LogP contribution is 2.18. The maximum atomic E-state index is 12.3. The van der Waals surface area contributed by atoms with Crippen LogP contribution >= 0.6 is 12.2 Å². The number of carbonyl (C=O) groups excluding carboxylic acids is 1. The maximum absolute atomic E-state index is 12.3. The Hall–Kier alpha value is -2.26.